The molecule has 2 nitrogen and oxygen atoms in total. The van der Waals surface area contributed by atoms with Gasteiger partial charge in [0.25, 0.3) is 0 Å². The maximum absolute atomic E-state index is 4.46. The SMILES string of the molecule is CCc1ccc2nccc(Nc3cccc(C)c3C)c2c1. The van der Waals surface area contributed by atoms with Gasteiger partial charge in [-0.25, -0.2) is 0 Å². The average molecular weight is 276 g/mol. The number of hydrogen-bond acceptors (Lipinski definition) is 2. The van der Waals surface area contributed by atoms with Gasteiger partial charge in [-0.3, -0.25) is 4.98 Å². The molecule has 0 saturated heterocycles. The fraction of sp³-hybridized carbons (Fsp3) is 0.211. The second-order valence-electron chi connectivity index (χ2n) is 5.44. The third-order valence-corrected chi connectivity index (χ3v) is 4.09. The van der Waals surface area contributed by atoms with Crippen LogP contribution in [0.3, 0.4) is 0 Å². The summed E-state index contributed by atoms with van der Waals surface area (Å²) < 4.78 is 0. The molecule has 2 aromatic carbocycles. The third kappa shape index (κ3) is 2.62. The van der Waals surface area contributed by atoms with Crippen LogP contribution in [0.25, 0.3) is 10.9 Å². The van der Waals surface area contributed by atoms with Crippen molar-refractivity contribution in [3.05, 3.63) is 65.4 Å². The van der Waals surface area contributed by atoms with E-state index in [1.807, 2.05) is 12.3 Å². The molecular weight excluding hydrogens is 256 g/mol. The molecule has 0 bridgehead atoms. The Morgan fingerprint density at radius 2 is 1.86 bits per heavy atom. The molecule has 1 heterocycles. The second kappa shape index (κ2) is 5.57. The average Bonchev–Trinajstić information content (AvgIpc) is 2.51. The number of fused-ring (bicyclic) bond motifs is 1. The lowest BCUT2D eigenvalue weighted by Crippen LogP contribution is -1.96. The highest BCUT2D eigenvalue weighted by atomic mass is 14.9. The number of rotatable bonds is 3. The van der Waals surface area contributed by atoms with E-state index in [1.54, 1.807) is 0 Å². The monoisotopic (exact) mass is 276 g/mol. The molecule has 1 aromatic heterocycles. The normalized spacial score (nSPS) is 10.8. The van der Waals surface area contributed by atoms with Crippen molar-refractivity contribution < 1.29 is 0 Å². The fourth-order valence-electron chi connectivity index (χ4n) is 2.55. The van der Waals surface area contributed by atoms with Crippen molar-refractivity contribution in [1.82, 2.24) is 4.98 Å². The van der Waals surface area contributed by atoms with Crippen LogP contribution in [0.2, 0.25) is 0 Å². The Balaban J connectivity index is 2.09. The summed E-state index contributed by atoms with van der Waals surface area (Å²) in [6, 6.07) is 14.9. The van der Waals surface area contributed by atoms with E-state index in [1.165, 1.54) is 22.1 Å². The summed E-state index contributed by atoms with van der Waals surface area (Å²) in [7, 11) is 0. The zero-order chi connectivity index (χ0) is 14.8. The molecule has 2 heteroatoms. The summed E-state index contributed by atoms with van der Waals surface area (Å²) in [4.78, 5) is 4.46. The van der Waals surface area contributed by atoms with E-state index in [-0.39, 0.29) is 0 Å². The Bertz CT molecular complexity index is 791. The third-order valence-electron chi connectivity index (χ3n) is 4.09. The van der Waals surface area contributed by atoms with Gasteiger partial charge in [0.05, 0.1) is 5.52 Å². The van der Waals surface area contributed by atoms with Crippen LogP contribution in [0.4, 0.5) is 11.4 Å². The minimum Gasteiger partial charge on any atom is -0.355 e. The second-order valence-corrected chi connectivity index (χ2v) is 5.44. The number of hydrogen-bond donors (Lipinski definition) is 1. The van der Waals surface area contributed by atoms with Gasteiger partial charge < -0.3 is 5.32 Å². The minimum absolute atomic E-state index is 1.03. The van der Waals surface area contributed by atoms with Gasteiger partial charge in [-0.1, -0.05) is 25.1 Å². The molecule has 21 heavy (non-hydrogen) atoms. The van der Waals surface area contributed by atoms with Crippen molar-refractivity contribution in [1.29, 1.82) is 0 Å². The molecule has 0 amide bonds. The molecule has 0 saturated carbocycles. The lowest BCUT2D eigenvalue weighted by Gasteiger charge is -2.13. The molecule has 0 aliphatic rings. The molecule has 0 aliphatic heterocycles. The summed E-state index contributed by atoms with van der Waals surface area (Å²) in [6.07, 6.45) is 2.90. The predicted molar refractivity (Wildman–Crippen MR) is 90.3 cm³/mol. The topological polar surface area (TPSA) is 24.9 Å². The van der Waals surface area contributed by atoms with Gasteiger partial charge in [0, 0.05) is 23.0 Å². The number of benzene rings is 2. The van der Waals surface area contributed by atoms with Crippen LogP contribution in [0.1, 0.15) is 23.6 Å². The molecule has 3 aromatic rings. The summed E-state index contributed by atoms with van der Waals surface area (Å²) in [5, 5.41) is 4.75. The van der Waals surface area contributed by atoms with E-state index in [9.17, 15) is 0 Å². The Hall–Kier alpha value is -2.35. The number of nitrogens with zero attached hydrogens (tertiary/aromatic N) is 1. The van der Waals surface area contributed by atoms with Crippen LogP contribution in [-0.2, 0) is 6.42 Å². The van der Waals surface area contributed by atoms with E-state index in [2.05, 4.69) is 67.5 Å². The van der Waals surface area contributed by atoms with Crippen molar-refractivity contribution in [3.8, 4) is 0 Å². The maximum Gasteiger partial charge on any atom is 0.0723 e. The van der Waals surface area contributed by atoms with E-state index in [0.29, 0.717) is 0 Å². The largest absolute Gasteiger partial charge is 0.355 e. The predicted octanol–water partition coefficient (Wildman–Crippen LogP) is 5.16. The molecule has 0 aliphatic carbocycles. The maximum atomic E-state index is 4.46. The van der Waals surface area contributed by atoms with Gasteiger partial charge in [-0.2, -0.15) is 0 Å². The van der Waals surface area contributed by atoms with E-state index in [4.69, 9.17) is 0 Å². The quantitative estimate of drug-likeness (QED) is 0.715. The van der Waals surface area contributed by atoms with Gasteiger partial charge >= 0.3 is 0 Å². The molecule has 0 fully saturated rings. The smallest absolute Gasteiger partial charge is 0.0723 e. The van der Waals surface area contributed by atoms with Gasteiger partial charge in [-0.15, -0.1) is 0 Å². The molecule has 0 unspecified atom stereocenters. The molecule has 0 spiro atoms. The lowest BCUT2D eigenvalue weighted by atomic mass is 10.1. The van der Waals surface area contributed by atoms with Crippen LogP contribution in [-0.4, -0.2) is 4.98 Å². The Kier molecular flexibility index (Phi) is 3.61. The lowest BCUT2D eigenvalue weighted by molar-refractivity contribution is 1.14. The zero-order valence-electron chi connectivity index (χ0n) is 12.8. The highest BCUT2D eigenvalue weighted by Gasteiger charge is 2.06. The Morgan fingerprint density at radius 3 is 2.67 bits per heavy atom. The molecule has 3 rings (SSSR count). The van der Waals surface area contributed by atoms with E-state index < -0.39 is 0 Å². The first-order valence-corrected chi connectivity index (χ1v) is 7.40. The zero-order valence-corrected chi connectivity index (χ0v) is 12.8. The molecule has 1 N–H and O–H groups in total. The van der Waals surface area contributed by atoms with E-state index >= 15 is 0 Å². The highest BCUT2D eigenvalue weighted by molar-refractivity contribution is 5.93. The van der Waals surface area contributed by atoms with Crippen LogP contribution < -0.4 is 5.32 Å². The van der Waals surface area contributed by atoms with Crippen LogP contribution >= 0.6 is 0 Å². The molecule has 0 atom stereocenters. The molecule has 0 radical (unpaired) electrons. The number of aromatic nitrogens is 1. The number of pyridine rings is 1. The van der Waals surface area contributed by atoms with Gasteiger partial charge in [0.2, 0.25) is 0 Å². The van der Waals surface area contributed by atoms with Crippen LogP contribution in [0.15, 0.2) is 48.7 Å². The minimum atomic E-state index is 1.03. The van der Waals surface area contributed by atoms with Crippen LogP contribution in [0.5, 0.6) is 0 Å². The summed E-state index contributed by atoms with van der Waals surface area (Å²) in [6.45, 7) is 6.47. The standard InChI is InChI=1S/C19H20N2/c1-4-15-8-9-18-16(12-15)19(10-11-20-18)21-17-7-5-6-13(2)14(17)3/h5-12H,4H2,1-3H3,(H,20,21). The van der Waals surface area contributed by atoms with Crippen molar-refractivity contribution in [2.45, 2.75) is 27.2 Å². The van der Waals surface area contributed by atoms with Gasteiger partial charge in [0.1, 0.15) is 0 Å². The van der Waals surface area contributed by atoms with Crippen molar-refractivity contribution >= 4 is 22.3 Å². The van der Waals surface area contributed by atoms with Crippen LogP contribution in [0, 0.1) is 13.8 Å². The van der Waals surface area contributed by atoms with Gasteiger partial charge in [-0.05, 0) is 61.2 Å². The highest BCUT2D eigenvalue weighted by Crippen LogP contribution is 2.28. The number of anilines is 2. The summed E-state index contributed by atoms with van der Waals surface area (Å²) in [5.41, 5.74) is 7.22. The first-order chi connectivity index (χ1) is 10.2. The van der Waals surface area contributed by atoms with Crippen molar-refractivity contribution in [3.63, 3.8) is 0 Å². The first kappa shape index (κ1) is 13.6. The Morgan fingerprint density at radius 1 is 1.00 bits per heavy atom. The first-order valence-electron chi connectivity index (χ1n) is 7.40. The van der Waals surface area contributed by atoms with Crippen molar-refractivity contribution in [2.75, 3.05) is 5.32 Å². The fourth-order valence-corrected chi connectivity index (χ4v) is 2.55. The number of aryl methyl sites for hydroxylation is 2. The summed E-state index contributed by atoms with van der Waals surface area (Å²) in [5.74, 6) is 0. The Labute approximate surface area is 125 Å². The molecular formula is C19H20N2. The summed E-state index contributed by atoms with van der Waals surface area (Å²) >= 11 is 0. The van der Waals surface area contributed by atoms with E-state index in [0.717, 1.165) is 23.3 Å². The molecule has 106 valence electrons. The van der Waals surface area contributed by atoms with Crippen molar-refractivity contribution in [2.24, 2.45) is 0 Å². The van der Waals surface area contributed by atoms with Gasteiger partial charge in [0.15, 0.2) is 0 Å². The number of nitrogens with one attached hydrogen (secondary N) is 1.